The number of likely N-dealkylation sites (tertiary alicyclic amines) is 1. The number of nitrogens with zero attached hydrogens (tertiary/aromatic N) is 3. The molecule has 0 atom stereocenters. The summed E-state index contributed by atoms with van der Waals surface area (Å²) in [6.45, 7) is 4.13. The predicted molar refractivity (Wildman–Crippen MR) is 92.1 cm³/mol. The average molecular weight is 317 g/mol. The maximum atomic E-state index is 12.8. The fraction of sp³-hybridized carbons (Fsp3) is 0.611. The summed E-state index contributed by atoms with van der Waals surface area (Å²) in [5, 5.41) is 0. The van der Waals surface area contributed by atoms with Crippen molar-refractivity contribution in [1.82, 2.24) is 9.80 Å². The first-order valence-electron chi connectivity index (χ1n) is 8.38. The van der Waals surface area contributed by atoms with Crippen LogP contribution in [0, 0.1) is 0 Å². The maximum absolute atomic E-state index is 12.8. The van der Waals surface area contributed by atoms with Crippen LogP contribution in [0.4, 0.5) is 5.69 Å². The van der Waals surface area contributed by atoms with E-state index in [1.165, 1.54) is 0 Å². The molecule has 126 valence electrons. The smallest absolute Gasteiger partial charge is 0.254 e. The number of carbonyl (C=O) groups is 1. The minimum Gasteiger partial charge on any atom is -0.378 e. The molecule has 1 aromatic rings. The average Bonchev–Trinajstić information content (AvgIpc) is 2.57. The van der Waals surface area contributed by atoms with Gasteiger partial charge in [-0.2, -0.15) is 0 Å². The van der Waals surface area contributed by atoms with Crippen LogP contribution >= 0.6 is 0 Å². The van der Waals surface area contributed by atoms with Crippen molar-refractivity contribution < 1.29 is 9.53 Å². The van der Waals surface area contributed by atoms with E-state index >= 15 is 0 Å². The number of amides is 1. The Morgan fingerprint density at radius 2 is 1.78 bits per heavy atom. The molecule has 2 saturated heterocycles. The molecule has 2 heterocycles. The van der Waals surface area contributed by atoms with E-state index in [1.807, 2.05) is 48.2 Å². The van der Waals surface area contributed by atoms with Gasteiger partial charge in [0.1, 0.15) is 0 Å². The lowest BCUT2D eigenvalue weighted by atomic mass is 9.89. The highest BCUT2D eigenvalue weighted by Gasteiger charge is 2.40. The Bertz CT molecular complexity index is 548. The van der Waals surface area contributed by atoms with E-state index < -0.39 is 0 Å². The number of hydrogen-bond acceptors (Lipinski definition) is 4. The van der Waals surface area contributed by atoms with Gasteiger partial charge in [0.2, 0.25) is 0 Å². The third kappa shape index (κ3) is 3.51. The van der Waals surface area contributed by atoms with Crippen LogP contribution in [0.2, 0.25) is 0 Å². The Hall–Kier alpha value is -1.59. The van der Waals surface area contributed by atoms with Gasteiger partial charge < -0.3 is 19.4 Å². The maximum Gasteiger partial charge on any atom is 0.254 e. The minimum atomic E-state index is -0.135. The SMILES string of the molecule is CN1CCC2(CC1)CN(C(=O)c1ccc(N(C)C)cc1)CCO2. The predicted octanol–water partition coefficient (Wildman–Crippen LogP) is 1.69. The first-order valence-corrected chi connectivity index (χ1v) is 8.38. The molecule has 2 aliphatic heterocycles. The molecule has 23 heavy (non-hydrogen) atoms. The molecule has 0 unspecified atom stereocenters. The van der Waals surface area contributed by atoms with Crippen LogP contribution in [0.5, 0.6) is 0 Å². The molecule has 0 radical (unpaired) electrons. The zero-order chi connectivity index (χ0) is 16.4. The molecule has 0 aromatic heterocycles. The van der Waals surface area contributed by atoms with E-state index in [4.69, 9.17) is 4.74 Å². The van der Waals surface area contributed by atoms with E-state index in [-0.39, 0.29) is 11.5 Å². The van der Waals surface area contributed by atoms with Crippen LogP contribution in [0.1, 0.15) is 23.2 Å². The molecule has 2 fully saturated rings. The molecular formula is C18H27N3O2. The molecule has 3 rings (SSSR count). The van der Waals surface area contributed by atoms with Gasteiger partial charge in [0.15, 0.2) is 0 Å². The summed E-state index contributed by atoms with van der Waals surface area (Å²) in [6, 6.07) is 7.85. The van der Waals surface area contributed by atoms with Crippen LogP contribution in [0.25, 0.3) is 0 Å². The van der Waals surface area contributed by atoms with Crippen molar-refractivity contribution in [2.45, 2.75) is 18.4 Å². The van der Waals surface area contributed by atoms with E-state index in [2.05, 4.69) is 11.9 Å². The lowest BCUT2D eigenvalue weighted by Crippen LogP contribution is -2.57. The molecule has 1 spiro atoms. The number of piperidine rings is 1. The number of carbonyl (C=O) groups excluding carboxylic acids is 1. The molecular weight excluding hydrogens is 290 g/mol. The molecule has 1 aromatic carbocycles. The van der Waals surface area contributed by atoms with Gasteiger partial charge in [-0.3, -0.25) is 4.79 Å². The van der Waals surface area contributed by atoms with E-state index in [0.717, 1.165) is 43.7 Å². The van der Waals surface area contributed by atoms with Crippen LogP contribution in [-0.4, -0.2) is 75.2 Å². The van der Waals surface area contributed by atoms with Crippen molar-refractivity contribution in [1.29, 1.82) is 0 Å². The highest BCUT2D eigenvalue weighted by Crippen LogP contribution is 2.30. The van der Waals surface area contributed by atoms with E-state index in [0.29, 0.717) is 13.2 Å². The quantitative estimate of drug-likeness (QED) is 0.832. The molecule has 0 N–H and O–H groups in total. The Morgan fingerprint density at radius 3 is 2.39 bits per heavy atom. The van der Waals surface area contributed by atoms with E-state index in [1.54, 1.807) is 0 Å². The summed E-state index contributed by atoms with van der Waals surface area (Å²) in [5.74, 6) is 0.122. The third-order valence-corrected chi connectivity index (χ3v) is 5.06. The third-order valence-electron chi connectivity index (χ3n) is 5.06. The fourth-order valence-electron chi connectivity index (χ4n) is 3.43. The lowest BCUT2D eigenvalue weighted by Gasteiger charge is -2.46. The van der Waals surface area contributed by atoms with Gasteiger partial charge in [-0.25, -0.2) is 0 Å². The summed E-state index contributed by atoms with van der Waals surface area (Å²) < 4.78 is 6.09. The monoisotopic (exact) mass is 317 g/mol. The molecule has 1 amide bonds. The van der Waals surface area contributed by atoms with Crippen molar-refractivity contribution >= 4 is 11.6 Å². The number of benzene rings is 1. The van der Waals surface area contributed by atoms with Crippen molar-refractivity contribution in [3.05, 3.63) is 29.8 Å². The Kier molecular flexibility index (Phi) is 4.60. The van der Waals surface area contributed by atoms with E-state index in [9.17, 15) is 4.79 Å². The zero-order valence-corrected chi connectivity index (χ0v) is 14.4. The normalized spacial score (nSPS) is 21.4. The number of morpholine rings is 1. The zero-order valence-electron chi connectivity index (χ0n) is 14.4. The summed E-state index contributed by atoms with van der Waals surface area (Å²) in [7, 11) is 6.15. The van der Waals surface area contributed by atoms with Crippen LogP contribution in [0.15, 0.2) is 24.3 Å². The number of hydrogen-bond donors (Lipinski definition) is 0. The fourth-order valence-corrected chi connectivity index (χ4v) is 3.43. The summed E-state index contributed by atoms with van der Waals surface area (Å²) in [5.41, 5.74) is 1.74. The first kappa shape index (κ1) is 16.3. The second-order valence-electron chi connectivity index (χ2n) is 7.00. The second kappa shape index (κ2) is 6.49. The Balaban J connectivity index is 1.69. The van der Waals surface area contributed by atoms with Crippen molar-refractivity contribution in [3.63, 3.8) is 0 Å². The summed E-state index contributed by atoms with van der Waals surface area (Å²) in [4.78, 5) is 19.2. The highest BCUT2D eigenvalue weighted by atomic mass is 16.5. The Labute approximate surface area is 138 Å². The van der Waals surface area contributed by atoms with Crippen molar-refractivity contribution in [2.24, 2.45) is 0 Å². The molecule has 5 heteroatoms. The second-order valence-corrected chi connectivity index (χ2v) is 7.00. The topological polar surface area (TPSA) is 36.0 Å². The van der Waals surface area contributed by atoms with Crippen molar-refractivity contribution in [2.75, 3.05) is 58.8 Å². The van der Waals surface area contributed by atoms with Crippen molar-refractivity contribution in [3.8, 4) is 0 Å². The molecule has 0 bridgehead atoms. The van der Waals surface area contributed by atoms with Gasteiger partial charge in [-0.1, -0.05) is 0 Å². The van der Waals surface area contributed by atoms with Gasteiger partial charge >= 0.3 is 0 Å². The number of rotatable bonds is 2. The largest absolute Gasteiger partial charge is 0.378 e. The molecule has 5 nitrogen and oxygen atoms in total. The van der Waals surface area contributed by atoms with Gasteiger partial charge in [0.25, 0.3) is 5.91 Å². The molecule has 2 aliphatic rings. The lowest BCUT2D eigenvalue weighted by molar-refractivity contribution is -0.125. The highest BCUT2D eigenvalue weighted by molar-refractivity contribution is 5.94. The van der Waals surface area contributed by atoms with Gasteiger partial charge in [-0.15, -0.1) is 0 Å². The summed E-state index contributed by atoms with van der Waals surface area (Å²) in [6.07, 6.45) is 2.01. The van der Waals surface area contributed by atoms with Gasteiger partial charge in [0, 0.05) is 45.0 Å². The number of ether oxygens (including phenoxy) is 1. The first-order chi connectivity index (χ1) is 11.0. The number of anilines is 1. The van der Waals surface area contributed by atoms with Crippen LogP contribution in [0.3, 0.4) is 0 Å². The molecule has 0 aliphatic carbocycles. The Morgan fingerprint density at radius 1 is 1.13 bits per heavy atom. The summed E-state index contributed by atoms with van der Waals surface area (Å²) >= 11 is 0. The van der Waals surface area contributed by atoms with Crippen LogP contribution in [-0.2, 0) is 4.74 Å². The van der Waals surface area contributed by atoms with Gasteiger partial charge in [0.05, 0.1) is 18.8 Å². The minimum absolute atomic E-state index is 0.122. The molecule has 0 saturated carbocycles. The van der Waals surface area contributed by atoms with Gasteiger partial charge in [-0.05, 0) is 44.2 Å². The standard InChI is InChI=1S/C18H27N3O2/c1-19(2)16-6-4-15(5-7-16)17(22)21-12-13-23-18(14-21)8-10-20(3)11-9-18/h4-7H,8-14H2,1-3H3. The van der Waals surface area contributed by atoms with Crippen LogP contribution < -0.4 is 4.90 Å².